The number of rotatable bonds is 9. The lowest BCUT2D eigenvalue weighted by Crippen LogP contribution is -2.23. The first-order valence-corrected chi connectivity index (χ1v) is 12.6. The van der Waals surface area contributed by atoms with Crippen LogP contribution < -0.4 is 5.32 Å². The fraction of sp³-hybridized carbons (Fsp3) is 0.316. The highest BCUT2D eigenvalue weighted by atomic mass is 32.2. The number of carbonyl (C=O) groups excluding carboxylic acids is 1. The highest BCUT2D eigenvalue weighted by molar-refractivity contribution is 8.00. The number of thioether (sulfide) groups is 1. The van der Waals surface area contributed by atoms with Crippen LogP contribution in [0, 0.1) is 13.8 Å². The molecule has 3 aromatic rings. The van der Waals surface area contributed by atoms with E-state index in [1.807, 2.05) is 6.92 Å². The lowest BCUT2D eigenvalue weighted by atomic mass is 10.2. The summed E-state index contributed by atoms with van der Waals surface area (Å²) >= 11 is 2.46. The molecule has 12 heteroatoms. The molecule has 9 nitrogen and oxygen atoms in total. The summed E-state index contributed by atoms with van der Waals surface area (Å²) < 4.78 is 27.3. The van der Waals surface area contributed by atoms with Crippen LogP contribution in [0.2, 0.25) is 0 Å². The summed E-state index contributed by atoms with van der Waals surface area (Å²) in [6.07, 6.45) is 1.63. The Balaban J connectivity index is 1.77. The molecule has 0 aliphatic rings. The lowest BCUT2D eigenvalue weighted by molar-refractivity contribution is -0.115. The third-order valence-electron chi connectivity index (χ3n) is 4.21. The van der Waals surface area contributed by atoms with E-state index >= 15 is 0 Å². The van der Waals surface area contributed by atoms with Crippen LogP contribution in [-0.2, 0) is 26.9 Å². The predicted molar refractivity (Wildman–Crippen MR) is 121 cm³/mol. The Labute approximate surface area is 188 Å². The normalized spacial score (nSPS) is 12.5. The number of sulfone groups is 1. The first-order valence-electron chi connectivity index (χ1n) is 9.29. The van der Waals surface area contributed by atoms with Gasteiger partial charge < -0.3 is 4.57 Å². The molecule has 1 N–H and O–H groups in total. The van der Waals surface area contributed by atoms with Gasteiger partial charge in [-0.2, -0.15) is 0 Å². The van der Waals surface area contributed by atoms with Gasteiger partial charge in [-0.25, -0.2) is 8.42 Å². The van der Waals surface area contributed by atoms with E-state index in [-0.39, 0.29) is 22.4 Å². The van der Waals surface area contributed by atoms with Crippen molar-refractivity contribution in [1.29, 1.82) is 0 Å². The number of benzene rings is 1. The van der Waals surface area contributed by atoms with Gasteiger partial charge in [0.2, 0.25) is 11.0 Å². The third kappa shape index (κ3) is 5.77. The van der Waals surface area contributed by atoms with Gasteiger partial charge in [0.1, 0.15) is 16.6 Å². The van der Waals surface area contributed by atoms with E-state index in [4.69, 9.17) is 0 Å². The Kier molecular flexibility index (Phi) is 7.23. The zero-order valence-corrected chi connectivity index (χ0v) is 19.7. The molecule has 164 valence electrons. The second-order valence-electron chi connectivity index (χ2n) is 6.75. The molecule has 0 spiro atoms. The van der Waals surface area contributed by atoms with Gasteiger partial charge >= 0.3 is 0 Å². The SMILES string of the molecule is C=CCn1c(CS(=O)(=O)c2ccc(C)cc2)nnc1SC(C)C(=O)Nc1nnc(C)s1. The molecule has 1 unspecified atom stereocenters. The molecule has 0 aliphatic carbocycles. The van der Waals surface area contributed by atoms with E-state index in [2.05, 4.69) is 32.3 Å². The van der Waals surface area contributed by atoms with Gasteiger partial charge in [0.15, 0.2) is 15.0 Å². The molecule has 1 aromatic carbocycles. The van der Waals surface area contributed by atoms with Crippen molar-refractivity contribution in [3.63, 3.8) is 0 Å². The van der Waals surface area contributed by atoms with Gasteiger partial charge in [-0.1, -0.05) is 46.9 Å². The second-order valence-corrected chi connectivity index (χ2v) is 11.2. The maximum absolute atomic E-state index is 12.8. The summed E-state index contributed by atoms with van der Waals surface area (Å²) in [7, 11) is -3.60. The number of hydrogen-bond donors (Lipinski definition) is 1. The van der Waals surface area contributed by atoms with Gasteiger partial charge in [0, 0.05) is 6.54 Å². The zero-order valence-electron chi connectivity index (χ0n) is 17.3. The zero-order chi connectivity index (χ0) is 22.6. The van der Waals surface area contributed by atoms with E-state index in [1.165, 1.54) is 23.1 Å². The number of nitrogens with one attached hydrogen (secondary N) is 1. The Morgan fingerprint density at radius 1 is 1.23 bits per heavy atom. The first-order chi connectivity index (χ1) is 14.7. The van der Waals surface area contributed by atoms with Gasteiger partial charge in [0.25, 0.3) is 0 Å². The molecular formula is C19H22N6O3S3. The number of amides is 1. The highest BCUT2D eigenvalue weighted by Gasteiger charge is 2.24. The molecule has 0 saturated heterocycles. The van der Waals surface area contributed by atoms with E-state index in [9.17, 15) is 13.2 Å². The summed E-state index contributed by atoms with van der Waals surface area (Å²) in [5.74, 6) is -0.277. The van der Waals surface area contributed by atoms with E-state index in [0.29, 0.717) is 16.8 Å². The molecule has 0 bridgehead atoms. The van der Waals surface area contributed by atoms with Gasteiger partial charge in [-0.3, -0.25) is 10.1 Å². The molecule has 3 rings (SSSR count). The standard InChI is InChI=1S/C19H22N6O3S3/c1-5-10-25-16(11-31(27,28)15-8-6-12(2)7-9-15)22-24-19(25)29-13(3)17(26)20-18-23-21-14(4)30-18/h5-9,13H,1,10-11H2,2-4H3,(H,20,23,26). The quantitative estimate of drug-likeness (QED) is 0.368. The average molecular weight is 479 g/mol. The lowest BCUT2D eigenvalue weighted by Gasteiger charge is -2.12. The fourth-order valence-electron chi connectivity index (χ4n) is 2.59. The predicted octanol–water partition coefficient (Wildman–Crippen LogP) is 3.03. The molecule has 2 aromatic heterocycles. The van der Waals surface area contributed by atoms with Crippen LogP contribution >= 0.6 is 23.1 Å². The minimum Gasteiger partial charge on any atom is -0.301 e. The maximum atomic E-state index is 12.8. The van der Waals surface area contributed by atoms with Crippen LogP contribution in [0.5, 0.6) is 0 Å². The monoisotopic (exact) mass is 478 g/mol. The van der Waals surface area contributed by atoms with Gasteiger partial charge in [-0.15, -0.1) is 27.0 Å². The van der Waals surface area contributed by atoms with Gasteiger partial charge in [0.05, 0.1) is 10.1 Å². The molecule has 0 saturated carbocycles. The van der Waals surface area contributed by atoms with Crippen LogP contribution in [0.1, 0.15) is 23.3 Å². The second kappa shape index (κ2) is 9.71. The number of allylic oxidation sites excluding steroid dienone is 1. The summed E-state index contributed by atoms with van der Waals surface area (Å²) in [4.78, 5) is 12.7. The summed E-state index contributed by atoms with van der Waals surface area (Å²) in [6, 6.07) is 6.66. The number of aromatic nitrogens is 5. The van der Waals surface area contributed by atoms with E-state index in [1.54, 1.807) is 48.8 Å². The molecule has 2 heterocycles. The van der Waals surface area contributed by atoms with E-state index < -0.39 is 15.1 Å². The minimum absolute atomic E-state index is 0.223. The minimum atomic E-state index is -3.60. The van der Waals surface area contributed by atoms with Crippen molar-refractivity contribution >= 4 is 44.0 Å². The van der Waals surface area contributed by atoms with Gasteiger partial charge in [-0.05, 0) is 32.9 Å². The average Bonchev–Trinajstić information content (AvgIpc) is 3.28. The molecule has 1 amide bonds. The Bertz CT molecular complexity index is 1180. The first kappa shape index (κ1) is 23.1. The van der Waals surface area contributed by atoms with Crippen LogP contribution in [-0.4, -0.2) is 44.5 Å². The Hall–Kier alpha value is -2.57. The maximum Gasteiger partial charge on any atom is 0.239 e. The number of carbonyl (C=O) groups is 1. The van der Waals surface area contributed by atoms with Crippen LogP contribution in [0.15, 0.2) is 47.0 Å². The van der Waals surface area contributed by atoms with Crippen LogP contribution in [0.3, 0.4) is 0 Å². The van der Waals surface area contributed by atoms with Crippen molar-refractivity contribution in [3.05, 3.63) is 53.3 Å². The smallest absolute Gasteiger partial charge is 0.239 e. The van der Waals surface area contributed by atoms with Crippen LogP contribution in [0.25, 0.3) is 0 Å². The van der Waals surface area contributed by atoms with Crippen molar-refractivity contribution in [3.8, 4) is 0 Å². The number of hydrogen-bond acceptors (Lipinski definition) is 9. The third-order valence-corrected chi connectivity index (χ3v) is 7.68. The van der Waals surface area contributed by atoms with Crippen molar-refractivity contribution < 1.29 is 13.2 Å². The van der Waals surface area contributed by atoms with E-state index in [0.717, 1.165) is 10.6 Å². The largest absolute Gasteiger partial charge is 0.301 e. The molecule has 1 atom stereocenters. The molecule has 0 fully saturated rings. The van der Waals surface area contributed by atoms with Crippen molar-refractivity contribution in [2.75, 3.05) is 5.32 Å². The fourth-order valence-corrected chi connectivity index (χ4v) is 5.33. The summed E-state index contributed by atoms with van der Waals surface area (Å²) in [5, 5.41) is 19.8. The Morgan fingerprint density at radius 3 is 2.55 bits per heavy atom. The number of aryl methyl sites for hydroxylation is 2. The Morgan fingerprint density at radius 2 is 1.94 bits per heavy atom. The topological polar surface area (TPSA) is 120 Å². The number of anilines is 1. The summed E-state index contributed by atoms with van der Waals surface area (Å²) in [5.41, 5.74) is 0.975. The van der Waals surface area contributed by atoms with Crippen LogP contribution in [0.4, 0.5) is 5.13 Å². The van der Waals surface area contributed by atoms with Crippen molar-refractivity contribution in [2.24, 2.45) is 0 Å². The highest BCUT2D eigenvalue weighted by Crippen LogP contribution is 2.26. The molecule has 31 heavy (non-hydrogen) atoms. The summed E-state index contributed by atoms with van der Waals surface area (Å²) in [6.45, 7) is 9.46. The molecule has 0 radical (unpaired) electrons. The molecular weight excluding hydrogens is 456 g/mol. The number of nitrogens with zero attached hydrogens (tertiary/aromatic N) is 5. The molecule has 0 aliphatic heterocycles. The van der Waals surface area contributed by atoms with Crippen molar-refractivity contribution in [2.45, 2.75) is 48.4 Å². The van der Waals surface area contributed by atoms with Crippen molar-refractivity contribution in [1.82, 2.24) is 25.0 Å².